The van der Waals surface area contributed by atoms with Crippen molar-refractivity contribution in [2.45, 2.75) is 19.8 Å². The highest BCUT2D eigenvalue weighted by Crippen LogP contribution is 2.32. The minimum absolute atomic E-state index is 0.569. The van der Waals surface area contributed by atoms with E-state index in [9.17, 15) is 0 Å². The van der Waals surface area contributed by atoms with E-state index in [-0.39, 0.29) is 0 Å². The maximum atomic E-state index is 5.97. The molecule has 0 spiro atoms. The van der Waals surface area contributed by atoms with Crippen molar-refractivity contribution in [1.29, 1.82) is 0 Å². The van der Waals surface area contributed by atoms with Gasteiger partial charge in [-0.05, 0) is 38.1 Å². The molecule has 0 heterocycles. The topological polar surface area (TPSA) is 21.3 Å². The fraction of sp³-hybridized carbons (Fsp3) is 0.500. The molecule has 1 N–H and O–H groups in total. The first-order valence-corrected chi connectivity index (χ1v) is 6.28. The molecule has 0 fully saturated rings. The van der Waals surface area contributed by atoms with Crippen LogP contribution in [0.5, 0.6) is 5.75 Å². The Morgan fingerprint density at radius 2 is 1.88 bits per heavy atom. The first-order valence-electron chi connectivity index (χ1n) is 5.53. The molecule has 0 amide bonds. The lowest BCUT2D eigenvalue weighted by molar-refractivity contribution is 0.306. The number of benzene rings is 1. The van der Waals surface area contributed by atoms with Crippen molar-refractivity contribution in [2.75, 3.05) is 19.7 Å². The average molecular weight is 262 g/mol. The van der Waals surface area contributed by atoms with Gasteiger partial charge in [0.2, 0.25) is 0 Å². The van der Waals surface area contributed by atoms with Gasteiger partial charge in [-0.15, -0.1) is 0 Å². The van der Waals surface area contributed by atoms with Crippen LogP contribution in [0.3, 0.4) is 0 Å². The van der Waals surface area contributed by atoms with E-state index < -0.39 is 0 Å². The lowest BCUT2D eigenvalue weighted by Gasteiger charge is -2.09. The van der Waals surface area contributed by atoms with Gasteiger partial charge in [0.1, 0.15) is 0 Å². The summed E-state index contributed by atoms with van der Waals surface area (Å²) in [6.07, 6.45) is 2.09. The van der Waals surface area contributed by atoms with E-state index in [2.05, 4.69) is 12.2 Å². The van der Waals surface area contributed by atoms with E-state index in [1.54, 1.807) is 12.1 Å². The van der Waals surface area contributed by atoms with E-state index in [0.717, 1.165) is 25.9 Å². The van der Waals surface area contributed by atoms with Gasteiger partial charge in [0.15, 0.2) is 5.75 Å². The second-order valence-corrected chi connectivity index (χ2v) is 4.27. The van der Waals surface area contributed by atoms with Crippen LogP contribution in [0.15, 0.2) is 18.2 Å². The van der Waals surface area contributed by atoms with Crippen LogP contribution in [0.4, 0.5) is 0 Å². The summed E-state index contributed by atoms with van der Waals surface area (Å²) in [6, 6.07) is 5.37. The maximum absolute atomic E-state index is 5.97. The smallest absolute Gasteiger partial charge is 0.156 e. The predicted octanol–water partition coefficient (Wildman–Crippen LogP) is 3.76. The predicted molar refractivity (Wildman–Crippen MR) is 69.7 cm³/mol. The molecular weight excluding hydrogens is 245 g/mol. The number of hydrogen-bond acceptors (Lipinski definition) is 2. The number of hydrogen-bond donors (Lipinski definition) is 1. The molecule has 0 radical (unpaired) electrons. The van der Waals surface area contributed by atoms with E-state index >= 15 is 0 Å². The molecular formula is C12H17Cl2NO. The van der Waals surface area contributed by atoms with E-state index in [0.29, 0.717) is 22.4 Å². The SMILES string of the molecule is CCNCCCCOc1c(Cl)cccc1Cl. The lowest BCUT2D eigenvalue weighted by atomic mass is 10.3. The van der Waals surface area contributed by atoms with Gasteiger partial charge in [-0.25, -0.2) is 0 Å². The lowest BCUT2D eigenvalue weighted by Crippen LogP contribution is -2.14. The summed E-state index contributed by atoms with van der Waals surface area (Å²) in [5, 5.41) is 4.40. The Morgan fingerprint density at radius 3 is 2.50 bits per heavy atom. The molecule has 0 saturated heterocycles. The van der Waals surface area contributed by atoms with Gasteiger partial charge in [-0.3, -0.25) is 0 Å². The van der Waals surface area contributed by atoms with Crippen LogP contribution in [-0.2, 0) is 0 Å². The van der Waals surface area contributed by atoms with Gasteiger partial charge < -0.3 is 10.1 Å². The Balaban J connectivity index is 2.26. The third-order valence-corrected chi connectivity index (χ3v) is 2.76. The molecule has 2 nitrogen and oxygen atoms in total. The van der Waals surface area contributed by atoms with Crippen molar-refractivity contribution in [3.05, 3.63) is 28.2 Å². The fourth-order valence-corrected chi connectivity index (χ4v) is 1.83. The third kappa shape index (κ3) is 4.60. The molecule has 1 rings (SSSR count). The number of halogens is 2. The van der Waals surface area contributed by atoms with Crippen LogP contribution in [0.2, 0.25) is 10.0 Å². The Hall–Kier alpha value is -0.440. The molecule has 4 heteroatoms. The van der Waals surface area contributed by atoms with Crippen molar-refractivity contribution in [3.8, 4) is 5.75 Å². The minimum Gasteiger partial charge on any atom is -0.490 e. The zero-order valence-corrected chi connectivity index (χ0v) is 10.9. The molecule has 0 bridgehead atoms. The van der Waals surface area contributed by atoms with Gasteiger partial charge in [-0.2, -0.15) is 0 Å². The minimum atomic E-state index is 0.569. The molecule has 0 aromatic heterocycles. The van der Waals surface area contributed by atoms with Crippen LogP contribution in [-0.4, -0.2) is 19.7 Å². The summed E-state index contributed by atoms with van der Waals surface area (Å²) in [6.45, 7) is 4.78. The first-order chi connectivity index (χ1) is 7.75. The molecule has 0 aliphatic rings. The first kappa shape index (κ1) is 13.6. The van der Waals surface area contributed by atoms with Crippen molar-refractivity contribution in [1.82, 2.24) is 5.32 Å². The number of nitrogens with one attached hydrogen (secondary N) is 1. The van der Waals surface area contributed by atoms with E-state index in [1.807, 2.05) is 6.07 Å². The van der Waals surface area contributed by atoms with Crippen molar-refractivity contribution >= 4 is 23.2 Å². The Bertz CT molecular complexity index is 298. The summed E-state index contributed by atoms with van der Waals surface area (Å²) >= 11 is 11.9. The van der Waals surface area contributed by atoms with Crippen LogP contribution < -0.4 is 10.1 Å². The zero-order valence-electron chi connectivity index (χ0n) is 9.43. The Morgan fingerprint density at radius 1 is 1.19 bits per heavy atom. The van der Waals surface area contributed by atoms with Crippen LogP contribution in [0.25, 0.3) is 0 Å². The summed E-state index contributed by atoms with van der Waals surface area (Å²) in [5.74, 6) is 0.592. The third-order valence-electron chi connectivity index (χ3n) is 2.16. The molecule has 1 aromatic rings. The van der Waals surface area contributed by atoms with Crippen molar-refractivity contribution in [3.63, 3.8) is 0 Å². The standard InChI is InChI=1S/C12H17Cl2NO/c1-2-15-8-3-4-9-16-12-10(13)6-5-7-11(12)14/h5-7,15H,2-4,8-9H2,1H3. The second kappa shape index (κ2) is 7.77. The molecule has 0 saturated carbocycles. The molecule has 16 heavy (non-hydrogen) atoms. The largest absolute Gasteiger partial charge is 0.490 e. The highest BCUT2D eigenvalue weighted by molar-refractivity contribution is 6.37. The number of para-hydroxylation sites is 1. The van der Waals surface area contributed by atoms with Crippen LogP contribution >= 0.6 is 23.2 Å². The molecule has 0 aliphatic carbocycles. The molecule has 0 unspecified atom stereocenters. The molecule has 90 valence electrons. The van der Waals surface area contributed by atoms with Gasteiger partial charge in [0, 0.05) is 0 Å². The highest BCUT2D eigenvalue weighted by atomic mass is 35.5. The Kier molecular flexibility index (Phi) is 6.62. The fourth-order valence-electron chi connectivity index (χ4n) is 1.32. The molecule has 0 aliphatic heterocycles. The second-order valence-electron chi connectivity index (χ2n) is 3.46. The molecule has 0 atom stereocenters. The summed E-state index contributed by atoms with van der Waals surface area (Å²) in [4.78, 5) is 0. The van der Waals surface area contributed by atoms with E-state index in [4.69, 9.17) is 27.9 Å². The van der Waals surface area contributed by atoms with Gasteiger partial charge in [0.25, 0.3) is 0 Å². The number of unbranched alkanes of at least 4 members (excludes halogenated alkanes) is 1. The van der Waals surface area contributed by atoms with Crippen molar-refractivity contribution in [2.24, 2.45) is 0 Å². The Labute approximate surface area is 107 Å². The zero-order chi connectivity index (χ0) is 11.8. The van der Waals surface area contributed by atoms with E-state index in [1.165, 1.54) is 0 Å². The normalized spacial score (nSPS) is 10.4. The highest BCUT2D eigenvalue weighted by Gasteiger charge is 2.05. The number of ether oxygens (including phenoxy) is 1. The van der Waals surface area contributed by atoms with Gasteiger partial charge >= 0.3 is 0 Å². The molecule has 1 aromatic carbocycles. The quantitative estimate of drug-likeness (QED) is 0.755. The maximum Gasteiger partial charge on any atom is 0.156 e. The van der Waals surface area contributed by atoms with Crippen molar-refractivity contribution < 1.29 is 4.74 Å². The van der Waals surface area contributed by atoms with Crippen LogP contribution in [0.1, 0.15) is 19.8 Å². The van der Waals surface area contributed by atoms with Gasteiger partial charge in [-0.1, -0.05) is 36.2 Å². The van der Waals surface area contributed by atoms with Gasteiger partial charge in [0.05, 0.1) is 16.7 Å². The monoisotopic (exact) mass is 261 g/mol. The van der Waals surface area contributed by atoms with Crippen LogP contribution in [0, 0.1) is 0 Å². The average Bonchev–Trinajstić information content (AvgIpc) is 2.26. The summed E-state index contributed by atoms with van der Waals surface area (Å²) < 4.78 is 5.56. The number of rotatable bonds is 7. The summed E-state index contributed by atoms with van der Waals surface area (Å²) in [5.41, 5.74) is 0. The summed E-state index contributed by atoms with van der Waals surface area (Å²) in [7, 11) is 0.